The lowest BCUT2D eigenvalue weighted by Crippen LogP contribution is -2.20. The highest BCUT2D eigenvalue weighted by molar-refractivity contribution is 7.90. The lowest BCUT2D eigenvalue weighted by Gasteiger charge is -2.13. The Morgan fingerprint density at radius 2 is 2.00 bits per heavy atom. The Morgan fingerprint density at radius 3 is 2.74 bits per heavy atom. The first-order chi connectivity index (χ1) is 14.7. The molecule has 1 aliphatic rings. The fourth-order valence-corrected chi connectivity index (χ4v) is 6.79. The maximum Gasteiger partial charge on any atom is 0.341 e. The highest BCUT2D eigenvalue weighted by Gasteiger charge is 2.32. The van der Waals surface area contributed by atoms with Gasteiger partial charge >= 0.3 is 5.97 Å². The molecule has 3 heterocycles. The smallest absolute Gasteiger partial charge is 0.341 e. The number of nitrogens with zero attached hydrogens (tertiary/aromatic N) is 1. The minimum absolute atomic E-state index is 0.0238. The molecule has 0 fully saturated rings. The van der Waals surface area contributed by atoms with Crippen molar-refractivity contribution in [1.82, 2.24) is 4.98 Å². The molecule has 4 rings (SSSR count). The fourth-order valence-electron chi connectivity index (χ4n) is 3.76. The van der Waals surface area contributed by atoms with E-state index in [0.29, 0.717) is 37.6 Å². The van der Waals surface area contributed by atoms with Crippen molar-refractivity contribution in [3.63, 3.8) is 0 Å². The van der Waals surface area contributed by atoms with Crippen molar-refractivity contribution >= 4 is 49.0 Å². The molecular formula is C22H22N2O5S2. The molecule has 9 heteroatoms. The van der Waals surface area contributed by atoms with Crippen molar-refractivity contribution in [3.05, 3.63) is 57.1 Å². The van der Waals surface area contributed by atoms with Gasteiger partial charge in [-0.25, -0.2) is 13.2 Å². The molecule has 162 valence electrons. The number of hydrogen-bond donors (Lipinski definition) is 1. The number of aryl methyl sites for hydroxylation is 2. The number of aromatic nitrogens is 1. The summed E-state index contributed by atoms with van der Waals surface area (Å²) in [4.78, 5) is 31.0. The van der Waals surface area contributed by atoms with Gasteiger partial charge in [-0.15, -0.1) is 11.3 Å². The Labute approximate surface area is 184 Å². The van der Waals surface area contributed by atoms with E-state index < -0.39 is 15.8 Å². The Hall–Kier alpha value is -2.78. The van der Waals surface area contributed by atoms with Crippen LogP contribution in [0.25, 0.3) is 10.9 Å². The summed E-state index contributed by atoms with van der Waals surface area (Å²) in [7, 11) is -3.22. The first kappa shape index (κ1) is 21.5. The summed E-state index contributed by atoms with van der Waals surface area (Å²) in [5.74, 6) is -1.09. The molecule has 1 aromatic carbocycles. The third-order valence-electron chi connectivity index (χ3n) is 5.15. The molecule has 1 N–H and O–H groups in total. The first-order valence-electron chi connectivity index (χ1n) is 9.90. The zero-order valence-corrected chi connectivity index (χ0v) is 19.1. The zero-order chi connectivity index (χ0) is 22.3. The molecule has 0 aliphatic carbocycles. The van der Waals surface area contributed by atoms with E-state index in [-0.39, 0.29) is 36.0 Å². The monoisotopic (exact) mass is 458 g/mol. The van der Waals surface area contributed by atoms with E-state index in [2.05, 4.69) is 10.3 Å². The van der Waals surface area contributed by atoms with Crippen molar-refractivity contribution in [3.8, 4) is 0 Å². The second kappa shape index (κ2) is 8.05. The number of amides is 1. The number of thiophene rings is 1. The summed E-state index contributed by atoms with van der Waals surface area (Å²) < 4.78 is 29.4. The molecule has 0 bridgehead atoms. The molecule has 31 heavy (non-hydrogen) atoms. The quantitative estimate of drug-likeness (QED) is 0.597. The molecule has 3 aromatic rings. The number of esters is 1. The number of hydrogen-bond acceptors (Lipinski definition) is 7. The van der Waals surface area contributed by atoms with E-state index in [1.807, 2.05) is 32.0 Å². The summed E-state index contributed by atoms with van der Waals surface area (Å²) in [5.41, 5.74) is 3.76. The van der Waals surface area contributed by atoms with Gasteiger partial charge in [0.05, 0.1) is 34.8 Å². The van der Waals surface area contributed by atoms with Gasteiger partial charge in [0.25, 0.3) is 5.91 Å². The number of nitrogens with one attached hydrogen (secondary N) is 1. The van der Waals surface area contributed by atoms with Crippen LogP contribution in [0.15, 0.2) is 24.3 Å². The minimum atomic E-state index is -3.22. The van der Waals surface area contributed by atoms with E-state index in [1.54, 1.807) is 13.0 Å². The van der Waals surface area contributed by atoms with Crippen LogP contribution in [0.3, 0.4) is 0 Å². The van der Waals surface area contributed by atoms with Crippen LogP contribution < -0.4 is 5.32 Å². The Balaban J connectivity index is 1.79. The van der Waals surface area contributed by atoms with Gasteiger partial charge in [0.15, 0.2) is 9.84 Å². The van der Waals surface area contributed by atoms with E-state index in [0.717, 1.165) is 16.9 Å². The summed E-state index contributed by atoms with van der Waals surface area (Å²) in [6.07, 6.45) is 0.231. The number of carbonyl (C=O) groups is 2. The maximum atomic E-state index is 13.3. The number of carbonyl (C=O) groups excluding carboxylic acids is 2. The lowest BCUT2D eigenvalue weighted by molar-refractivity contribution is 0.0527. The third-order valence-corrected chi connectivity index (χ3v) is 8.03. The first-order valence-corrected chi connectivity index (χ1v) is 12.5. The molecule has 0 radical (unpaired) electrons. The molecule has 0 atom stereocenters. The van der Waals surface area contributed by atoms with E-state index in [4.69, 9.17) is 4.74 Å². The number of anilines is 1. The van der Waals surface area contributed by atoms with Crippen LogP contribution in [-0.2, 0) is 26.7 Å². The predicted molar refractivity (Wildman–Crippen MR) is 121 cm³/mol. The number of rotatable bonds is 4. The van der Waals surface area contributed by atoms with Crippen molar-refractivity contribution in [2.45, 2.75) is 32.9 Å². The summed E-state index contributed by atoms with van der Waals surface area (Å²) in [6, 6.07) is 7.41. The summed E-state index contributed by atoms with van der Waals surface area (Å²) in [5, 5.41) is 3.88. The lowest BCUT2D eigenvalue weighted by atomic mass is 10.0. The number of sulfone groups is 1. The van der Waals surface area contributed by atoms with Gasteiger partial charge in [0.1, 0.15) is 5.00 Å². The van der Waals surface area contributed by atoms with Gasteiger partial charge in [-0.3, -0.25) is 9.78 Å². The van der Waals surface area contributed by atoms with Crippen molar-refractivity contribution in [2.24, 2.45) is 0 Å². The van der Waals surface area contributed by atoms with Gasteiger partial charge in [0, 0.05) is 16.0 Å². The molecule has 7 nitrogen and oxygen atoms in total. The summed E-state index contributed by atoms with van der Waals surface area (Å²) in [6.45, 7) is 5.64. The molecule has 0 saturated heterocycles. The van der Waals surface area contributed by atoms with Crippen LogP contribution in [0.4, 0.5) is 5.00 Å². The van der Waals surface area contributed by atoms with Gasteiger partial charge in [-0.05, 0) is 51.0 Å². The van der Waals surface area contributed by atoms with Gasteiger partial charge in [-0.2, -0.15) is 0 Å². The average Bonchev–Trinajstić information content (AvgIpc) is 3.03. The predicted octanol–water partition coefficient (Wildman–Crippen LogP) is 3.81. The Bertz CT molecular complexity index is 1330. The highest BCUT2D eigenvalue weighted by Crippen LogP contribution is 2.39. The Morgan fingerprint density at radius 1 is 1.23 bits per heavy atom. The van der Waals surface area contributed by atoms with Crippen molar-refractivity contribution in [1.29, 1.82) is 0 Å². The average molecular weight is 459 g/mol. The minimum Gasteiger partial charge on any atom is -0.462 e. The molecule has 0 saturated carbocycles. The second-order valence-electron chi connectivity index (χ2n) is 7.56. The largest absolute Gasteiger partial charge is 0.462 e. The van der Waals surface area contributed by atoms with E-state index in [9.17, 15) is 18.0 Å². The van der Waals surface area contributed by atoms with Crippen molar-refractivity contribution < 1.29 is 22.7 Å². The van der Waals surface area contributed by atoms with E-state index >= 15 is 0 Å². The SMILES string of the molecule is CCOC(=O)c1c(NC(=O)c2cc(C)nc3ccc(C)cc23)sc2c1CCS(=O)(=O)C2. The number of ether oxygens (including phenoxy) is 1. The summed E-state index contributed by atoms with van der Waals surface area (Å²) >= 11 is 1.13. The van der Waals surface area contributed by atoms with Gasteiger partial charge in [0.2, 0.25) is 0 Å². The highest BCUT2D eigenvalue weighted by atomic mass is 32.2. The van der Waals surface area contributed by atoms with Gasteiger partial charge in [-0.1, -0.05) is 11.6 Å². The third kappa shape index (κ3) is 4.20. The molecular weight excluding hydrogens is 436 g/mol. The molecule has 1 aliphatic heterocycles. The van der Waals surface area contributed by atoms with Crippen LogP contribution in [0.5, 0.6) is 0 Å². The standard InChI is InChI=1S/C22H22N2O5S2/c1-4-29-22(26)19-14-7-8-31(27,28)11-18(14)30-21(19)24-20(25)16-10-13(3)23-17-6-5-12(2)9-15(16)17/h5-6,9-10H,4,7-8,11H2,1-3H3,(H,24,25). The van der Waals surface area contributed by atoms with Gasteiger partial charge < -0.3 is 10.1 Å². The van der Waals surface area contributed by atoms with Crippen LogP contribution in [-0.4, -0.2) is 37.6 Å². The Kier molecular flexibility index (Phi) is 5.57. The normalized spacial score (nSPS) is 14.8. The molecule has 0 spiro atoms. The van der Waals surface area contributed by atoms with E-state index in [1.165, 1.54) is 0 Å². The van der Waals surface area contributed by atoms with Crippen LogP contribution in [0, 0.1) is 13.8 Å². The number of pyridine rings is 1. The number of benzene rings is 1. The maximum absolute atomic E-state index is 13.3. The van der Waals surface area contributed by atoms with Crippen molar-refractivity contribution in [2.75, 3.05) is 17.7 Å². The molecule has 1 amide bonds. The van der Waals surface area contributed by atoms with Crippen LogP contribution >= 0.6 is 11.3 Å². The molecule has 2 aromatic heterocycles. The number of fused-ring (bicyclic) bond motifs is 2. The fraction of sp³-hybridized carbons (Fsp3) is 0.318. The topological polar surface area (TPSA) is 102 Å². The second-order valence-corrected chi connectivity index (χ2v) is 10.8. The van der Waals surface area contributed by atoms with Crippen LogP contribution in [0.2, 0.25) is 0 Å². The molecule has 0 unspecified atom stereocenters. The zero-order valence-electron chi connectivity index (χ0n) is 17.4. The van der Waals surface area contributed by atoms with Crippen LogP contribution in [0.1, 0.15) is 49.3 Å².